The molecule has 0 amide bonds. The number of aliphatic hydroxyl groups is 1. The Kier molecular flexibility index (Phi) is 5.56. The Hall–Kier alpha value is -3.52. The Bertz CT molecular complexity index is 1290. The summed E-state index contributed by atoms with van der Waals surface area (Å²) in [4.78, 5) is 17.2. The average Bonchev–Trinajstić information content (AvgIpc) is 3.18. The van der Waals surface area contributed by atoms with Crippen LogP contribution < -0.4 is 10.3 Å². The third-order valence-corrected chi connectivity index (χ3v) is 5.33. The molecule has 4 rings (SSSR count). The number of benzene rings is 2. The summed E-state index contributed by atoms with van der Waals surface area (Å²) in [6.45, 7) is 6.02. The van der Waals surface area contributed by atoms with Crippen molar-refractivity contribution in [1.82, 2.24) is 19.3 Å². The third-order valence-electron chi connectivity index (χ3n) is 5.33. The topological polar surface area (TPSA) is 82.2 Å². The maximum Gasteiger partial charge on any atom is 0.264 e. The fourth-order valence-corrected chi connectivity index (χ4v) is 3.46. The van der Waals surface area contributed by atoms with Crippen molar-refractivity contribution in [3.63, 3.8) is 0 Å². The van der Waals surface area contributed by atoms with Crippen LogP contribution in [-0.2, 0) is 6.54 Å². The van der Waals surface area contributed by atoms with Crippen LogP contribution in [0.3, 0.4) is 0 Å². The van der Waals surface area contributed by atoms with Gasteiger partial charge in [0.25, 0.3) is 5.56 Å². The lowest BCUT2D eigenvalue weighted by molar-refractivity contribution is 0.0908. The second kappa shape index (κ2) is 8.31. The van der Waals surface area contributed by atoms with Crippen molar-refractivity contribution in [2.75, 3.05) is 6.61 Å². The van der Waals surface area contributed by atoms with Gasteiger partial charge in [0.05, 0.1) is 18.4 Å². The monoisotopic (exact) mass is 422 g/mol. The van der Waals surface area contributed by atoms with Crippen LogP contribution in [0.4, 0.5) is 4.39 Å². The van der Waals surface area contributed by atoms with Gasteiger partial charge in [-0.05, 0) is 61.7 Å². The van der Waals surface area contributed by atoms with E-state index in [4.69, 9.17) is 4.74 Å². The molecule has 0 spiro atoms. The summed E-state index contributed by atoms with van der Waals surface area (Å²) < 4.78 is 21.8. The Morgan fingerprint density at radius 2 is 1.81 bits per heavy atom. The maximum atomic E-state index is 13.2. The summed E-state index contributed by atoms with van der Waals surface area (Å²) in [5, 5.41) is 15.0. The zero-order valence-electron chi connectivity index (χ0n) is 17.5. The molecule has 0 saturated heterocycles. The number of aromatic nitrogens is 4. The predicted molar refractivity (Wildman–Crippen MR) is 115 cm³/mol. The summed E-state index contributed by atoms with van der Waals surface area (Å²) in [7, 11) is 0. The maximum absolute atomic E-state index is 13.2. The van der Waals surface area contributed by atoms with E-state index < -0.39 is 6.10 Å². The minimum Gasteiger partial charge on any atom is -0.490 e. The van der Waals surface area contributed by atoms with Crippen LogP contribution >= 0.6 is 0 Å². The van der Waals surface area contributed by atoms with E-state index in [9.17, 15) is 14.3 Å². The van der Waals surface area contributed by atoms with Crippen LogP contribution in [0.1, 0.15) is 16.7 Å². The Morgan fingerprint density at radius 1 is 1.10 bits per heavy atom. The van der Waals surface area contributed by atoms with Gasteiger partial charge in [0, 0.05) is 0 Å². The van der Waals surface area contributed by atoms with E-state index >= 15 is 0 Å². The fourth-order valence-electron chi connectivity index (χ4n) is 3.46. The van der Waals surface area contributed by atoms with Crippen LogP contribution in [0.15, 0.2) is 53.7 Å². The van der Waals surface area contributed by atoms with Crippen LogP contribution in [-0.4, -0.2) is 37.1 Å². The first-order valence-corrected chi connectivity index (χ1v) is 9.92. The summed E-state index contributed by atoms with van der Waals surface area (Å²) in [6, 6.07) is 9.76. The number of rotatable bonds is 6. The number of fused-ring (bicyclic) bond motifs is 1. The minimum absolute atomic E-state index is 0.0351. The smallest absolute Gasteiger partial charge is 0.264 e. The van der Waals surface area contributed by atoms with Gasteiger partial charge in [-0.3, -0.25) is 9.36 Å². The molecular weight excluding hydrogens is 399 g/mol. The van der Waals surface area contributed by atoms with Crippen molar-refractivity contribution in [3.8, 4) is 11.4 Å². The zero-order chi connectivity index (χ0) is 22.1. The molecule has 0 radical (unpaired) electrons. The van der Waals surface area contributed by atoms with E-state index in [2.05, 4.69) is 10.1 Å². The molecule has 2 aromatic heterocycles. The molecule has 2 aromatic carbocycles. The molecule has 0 aliphatic rings. The lowest BCUT2D eigenvalue weighted by Gasteiger charge is -2.17. The molecule has 160 valence electrons. The largest absolute Gasteiger partial charge is 0.490 e. The Balaban J connectivity index is 1.53. The number of hydrogen-bond donors (Lipinski definition) is 1. The van der Waals surface area contributed by atoms with E-state index in [1.54, 1.807) is 12.1 Å². The highest BCUT2D eigenvalue weighted by Gasteiger charge is 2.15. The molecule has 0 aliphatic heterocycles. The molecule has 1 N–H and O–H groups in total. The SMILES string of the molecule is Cc1ccc(C)c(OCC(O)Cn2cnc3c(cnn3-c3ccc(F)cc3)c2=O)c1C. The van der Waals surface area contributed by atoms with Gasteiger partial charge in [0.2, 0.25) is 0 Å². The van der Waals surface area contributed by atoms with Gasteiger partial charge in [-0.2, -0.15) is 5.10 Å². The van der Waals surface area contributed by atoms with E-state index in [-0.39, 0.29) is 24.5 Å². The molecule has 0 bridgehead atoms. The lowest BCUT2D eigenvalue weighted by atomic mass is 10.1. The van der Waals surface area contributed by atoms with E-state index in [0.29, 0.717) is 16.7 Å². The van der Waals surface area contributed by atoms with Gasteiger partial charge < -0.3 is 9.84 Å². The van der Waals surface area contributed by atoms with Gasteiger partial charge in [0.15, 0.2) is 5.65 Å². The standard InChI is InChI=1S/C23H23FN4O3/c1-14-4-5-15(2)21(16(14)3)31-12-19(29)11-27-13-25-22-20(23(27)30)10-26-28(22)18-8-6-17(24)7-9-18/h4-10,13,19,29H,11-12H2,1-3H3. The molecule has 1 atom stereocenters. The van der Waals surface area contributed by atoms with Crippen molar-refractivity contribution in [2.24, 2.45) is 0 Å². The Morgan fingerprint density at radius 3 is 2.55 bits per heavy atom. The molecular formula is C23H23FN4O3. The molecule has 0 aliphatic carbocycles. The quantitative estimate of drug-likeness (QED) is 0.516. The van der Waals surface area contributed by atoms with Crippen LogP contribution in [0.5, 0.6) is 5.75 Å². The zero-order valence-corrected chi connectivity index (χ0v) is 17.5. The summed E-state index contributed by atoms with van der Waals surface area (Å²) in [5.74, 6) is 0.392. The first-order valence-electron chi connectivity index (χ1n) is 9.92. The van der Waals surface area contributed by atoms with Crippen molar-refractivity contribution in [1.29, 1.82) is 0 Å². The summed E-state index contributed by atoms with van der Waals surface area (Å²) >= 11 is 0. The summed E-state index contributed by atoms with van der Waals surface area (Å²) in [5.41, 5.74) is 3.77. The summed E-state index contributed by atoms with van der Waals surface area (Å²) in [6.07, 6.45) is 1.90. The number of halogens is 1. The highest BCUT2D eigenvalue weighted by molar-refractivity contribution is 5.74. The van der Waals surface area contributed by atoms with Gasteiger partial charge >= 0.3 is 0 Å². The highest BCUT2D eigenvalue weighted by Crippen LogP contribution is 2.25. The van der Waals surface area contributed by atoms with E-state index in [0.717, 1.165) is 22.4 Å². The fraction of sp³-hybridized carbons (Fsp3) is 0.261. The molecule has 2 heterocycles. The molecule has 4 aromatic rings. The first kappa shape index (κ1) is 20.7. The average molecular weight is 422 g/mol. The van der Waals surface area contributed by atoms with Crippen molar-refractivity contribution < 1.29 is 14.2 Å². The lowest BCUT2D eigenvalue weighted by Crippen LogP contribution is -2.30. The minimum atomic E-state index is -0.900. The van der Waals surface area contributed by atoms with Crippen LogP contribution in [0, 0.1) is 26.6 Å². The van der Waals surface area contributed by atoms with Gasteiger partial charge in [-0.25, -0.2) is 14.1 Å². The van der Waals surface area contributed by atoms with Gasteiger partial charge in [-0.1, -0.05) is 12.1 Å². The number of hydrogen-bond acceptors (Lipinski definition) is 5. The second-order valence-corrected chi connectivity index (χ2v) is 7.59. The highest BCUT2D eigenvalue weighted by atomic mass is 19.1. The van der Waals surface area contributed by atoms with Crippen molar-refractivity contribution in [3.05, 3.63) is 81.8 Å². The molecule has 31 heavy (non-hydrogen) atoms. The van der Waals surface area contributed by atoms with Crippen molar-refractivity contribution >= 4 is 11.0 Å². The van der Waals surface area contributed by atoms with Crippen LogP contribution in [0.25, 0.3) is 16.7 Å². The predicted octanol–water partition coefficient (Wildman–Crippen LogP) is 3.09. The van der Waals surface area contributed by atoms with Crippen molar-refractivity contribution in [2.45, 2.75) is 33.4 Å². The molecule has 0 saturated carbocycles. The molecule has 1 unspecified atom stereocenters. The Labute approximate surface area is 178 Å². The van der Waals surface area contributed by atoms with Gasteiger partial charge in [0.1, 0.15) is 36.0 Å². The third kappa shape index (κ3) is 4.06. The number of nitrogens with zero attached hydrogens (tertiary/aromatic N) is 4. The van der Waals surface area contributed by atoms with Crippen LogP contribution in [0.2, 0.25) is 0 Å². The molecule has 8 heteroatoms. The van der Waals surface area contributed by atoms with Gasteiger partial charge in [-0.15, -0.1) is 0 Å². The second-order valence-electron chi connectivity index (χ2n) is 7.59. The molecule has 0 fully saturated rings. The van der Waals surface area contributed by atoms with E-state index in [1.165, 1.54) is 33.9 Å². The van der Waals surface area contributed by atoms with E-state index in [1.807, 2.05) is 32.9 Å². The number of ether oxygens (including phenoxy) is 1. The normalized spacial score (nSPS) is 12.3. The number of aryl methyl sites for hydroxylation is 2. The first-order chi connectivity index (χ1) is 14.8. The molecule has 7 nitrogen and oxygen atoms in total. The number of aliphatic hydroxyl groups excluding tert-OH is 1.